The van der Waals surface area contributed by atoms with Gasteiger partial charge in [-0.2, -0.15) is 0 Å². The van der Waals surface area contributed by atoms with Gasteiger partial charge in [-0.3, -0.25) is 4.99 Å². The van der Waals surface area contributed by atoms with Crippen LogP contribution < -0.4 is 0 Å². The molecule has 0 aliphatic rings. The number of rotatable bonds is 3. The lowest BCUT2D eigenvalue weighted by Gasteiger charge is -1.92. The Balaban J connectivity index is 3.29. The Morgan fingerprint density at radius 1 is 1.50 bits per heavy atom. The van der Waals surface area contributed by atoms with Gasteiger partial charge in [-0.15, -0.1) is 0 Å². The number of nitrogens with zero attached hydrogens (tertiary/aromatic N) is 1. The minimum Gasteiger partial charge on any atom is -0.290 e. The lowest BCUT2D eigenvalue weighted by Crippen LogP contribution is -1.84. The van der Waals surface area contributed by atoms with E-state index in [9.17, 15) is 0 Å². The molecule has 0 saturated carbocycles. The van der Waals surface area contributed by atoms with Crippen LogP contribution in [0.5, 0.6) is 0 Å². The van der Waals surface area contributed by atoms with Gasteiger partial charge in [0.15, 0.2) is 0 Å². The minimum atomic E-state index is 0.916. The van der Waals surface area contributed by atoms with Gasteiger partial charge in [0.1, 0.15) is 0 Å². The number of hydrogen-bond acceptors (Lipinski definition) is 1. The Morgan fingerprint density at radius 2 is 2.12 bits per heavy atom. The van der Waals surface area contributed by atoms with E-state index in [-0.39, 0.29) is 0 Å². The van der Waals surface area contributed by atoms with E-state index in [0.29, 0.717) is 0 Å². The fourth-order valence-corrected chi connectivity index (χ4v) is 1.01. The summed E-state index contributed by atoms with van der Waals surface area (Å²) in [7, 11) is 2.65. The van der Waals surface area contributed by atoms with Crippen molar-refractivity contribution in [3.8, 4) is 0 Å². The van der Waals surface area contributed by atoms with Gasteiger partial charge in [-0.25, -0.2) is 0 Å². The van der Waals surface area contributed by atoms with Gasteiger partial charge in [0.25, 0.3) is 0 Å². The normalized spacial score (nSPS) is 12.1. The van der Waals surface area contributed by atoms with Crippen LogP contribution in [0, 0.1) is 0 Å². The second-order valence-corrected chi connectivity index (χ2v) is 2.38. The average molecular weight is 131 g/mol. The van der Waals surface area contributed by atoms with Crippen molar-refractivity contribution < 1.29 is 0 Å². The maximum Gasteiger partial charge on any atom is 0.0364 e. The summed E-state index contributed by atoms with van der Waals surface area (Å²) in [5.41, 5.74) is 1.20. The van der Waals surface area contributed by atoms with E-state index in [1.807, 2.05) is 0 Å². The molecule has 0 aliphatic heterocycles. The molecule has 0 radical (unpaired) electrons. The SMILES string of the molecule is CCCC(P)=NCC. The van der Waals surface area contributed by atoms with Gasteiger partial charge < -0.3 is 0 Å². The third-order valence-electron chi connectivity index (χ3n) is 0.867. The molecule has 8 heavy (non-hydrogen) atoms. The molecule has 0 saturated heterocycles. The highest BCUT2D eigenvalue weighted by Gasteiger charge is 1.84. The van der Waals surface area contributed by atoms with Crippen LogP contribution in [0.15, 0.2) is 4.99 Å². The highest BCUT2D eigenvalue weighted by atomic mass is 31.0. The quantitative estimate of drug-likeness (QED) is 0.410. The molecule has 0 amide bonds. The topological polar surface area (TPSA) is 12.4 Å². The van der Waals surface area contributed by atoms with Gasteiger partial charge in [0, 0.05) is 12.0 Å². The van der Waals surface area contributed by atoms with E-state index in [1.54, 1.807) is 0 Å². The Hall–Kier alpha value is 0.100. The summed E-state index contributed by atoms with van der Waals surface area (Å²) in [6, 6.07) is 0. The van der Waals surface area contributed by atoms with E-state index in [0.717, 1.165) is 13.0 Å². The predicted octanol–water partition coefficient (Wildman–Crippen LogP) is 2.08. The molecule has 0 rings (SSSR count). The molecule has 1 atom stereocenters. The molecule has 0 aliphatic carbocycles. The second kappa shape index (κ2) is 5.24. The standard InChI is InChI=1S/C6H14NP/c1-3-5-6(8)7-4-2/h3-5,8H2,1-2H3. The molecule has 0 bridgehead atoms. The van der Waals surface area contributed by atoms with Crippen LogP contribution in [-0.4, -0.2) is 12.0 Å². The Bertz CT molecular complexity index is 78.6. The first-order valence-electron chi connectivity index (χ1n) is 3.10. The zero-order valence-electron chi connectivity index (χ0n) is 5.65. The van der Waals surface area contributed by atoms with Crippen LogP contribution in [-0.2, 0) is 0 Å². The third-order valence-corrected chi connectivity index (χ3v) is 1.34. The smallest absolute Gasteiger partial charge is 0.0364 e. The second-order valence-electron chi connectivity index (χ2n) is 1.72. The zero-order chi connectivity index (χ0) is 6.41. The largest absolute Gasteiger partial charge is 0.290 e. The third kappa shape index (κ3) is 4.26. The molecule has 0 aromatic rings. The summed E-state index contributed by atoms with van der Waals surface area (Å²) >= 11 is 0. The molecule has 1 nitrogen and oxygen atoms in total. The highest BCUT2D eigenvalue weighted by Crippen LogP contribution is 1.98. The molecule has 1 unspecified atom stereocenters. The van der Waals surface area contributed by atoms with Crippen molar-refractivity contribution in [1.29, 1.82) is 0 Å². The number of hydrogen-bond donors (Lipinski definition) is 0. The summed E-state index contributed by atoms with van der Waals surface area (Å²) in [6.45, 7) is 5.13. The first kappa shape index (κ1) is 8.10. The molecular formula is C6H14NP. The van der Waals surface area contributed by atoms with E-state index in [1.165, 1.54) is 11.9 Å². The fraction of sp³-hybridized carbons (Fsp3) is 0.833. The molecular weight excluding hydrogens is 117 g/mol. The summed E-state index contributed by atoms with van der Waals surface area (Å²) < 4.78 is 0. The zero-order valence-corrected chi connectivity index (χ0v) is 6.80. The highest BCUT2D eigenvalue weighted by molar-refractivity contribution is 7.40. The van der Waals surface area contributed by atoms with Crippen molar-refractivity contribution in [2.75, 3.05) is 6.54 Å². The molecule has 0 heterocycles. The van der Waals surface area contributed by atoms with E-state index < -0.39 is 0 Å². The monoisotopic (exact) mass is 131 g/mol. The van der Waals surface area contributed by atoms with E-state index >= 15 is 0 Å². The van der Waals surface area contributed by atoms with Gasteiger partial charge in [0.2, 0.25) is 0 Å². The maximum atomic E-state index is 4.19. The summed E-state index contributed by atoms with van der Waals surface area (Å²) in [5.74, 6) is 0. The maximum absolute atomic E-state index is 4.19. The van der Waals surface area contributed by atoms with Gasteiger partial charge in [0.05, 0.1) is 0 Å². The first-order chi connectivity index (χ1) is 3.81. The molecule has 0 aromatic heterocycles. The molecule has 0 aromatic carbocycles. The van der Waals surface area contributed by atoms with E-state index in [4.69, 9.17) is 0 Å². The average Bonchev–Trinajstić information content (AvgIpc) is 1.68. The van der Waals surface area contributed by atoms with Gasteiger partial charge in [-0.1, -0.05) is 22.6 Å². The van der Waals surface area contributed by atoms with Crippen LogP contribution in [0.2, 0.25) is 0 Å². The van der Waals surface area contributed by atoms with Crippen LogP contribution in [0.1, 0.15) is 26.7 Å². The Kier molecular flexibility index (Phi) is 5.31. The van der Waals surface area contributed by atoms with Crippen molar-refractivity contribution in [3.63, 3.8) is 0 Å². The molecule has 2 heteroatoms. The van der Waals surface area contributed by atoms with Crippen LogP contribution in [0.4, 0.5) is 0 Å². The number of aliphatic imine (C=N–C) groups is 1. The lowest BCUT2D eigenvalue weighted by atomic mass is 10.4. The minimum absolute atomic E-state index is 0.916. The molecule has 0 fully saturated rings. The van der Waals surface area contributed by atoms with Crippen molar-refractivity contribution in [2.24, 2.45) is 4.99 Å². The van der Waals surface area contributed by atoms with Crippen LogP contribution >= 0.6 is 9.24 Å². The van der Waals surface area contributed by atoms with Gasteiger partial charge in [-0.05, 0) is 13.3 Å². The molecule has 0 N–H and O–H groups in total. The van der Waals surface area contributed by atoms with Crippen molar-refractivity contribution >= 4 is 14.7 Å². The van der Waals surface area contributed by atoms with Gasteiger partial charge >= 0.3 is 0 Å². The lowest BCUT2D eigenvalue weighted by molar-refractivity contribution is 0.989. The van der Waals surface area contributed by atoms with Crippen LogP contribution in [0.3, 0.4) is 0 Å². The molecule has 0 spiro atoms. The first-order valence-corrected chi connectivity index (χ1v) is 3.67. The predicted molar refractivity (Wildman–Crippen MR) is 42.6 cm³/mol. The summed E-state index contributed by atoms with van der Waals surface area (Å²) in [4.78, 5) is 4.19. The molecule has 48 valence electrons. The summed E-state index contributed by atoms with van der Waals surface area (Å²) in [5, 5.41) is 0. The van der Waals surface area contributed by atoms with Crippen LogP contribution in [0.25, 0.3) is 0 Å². The van der Waals surface area contributed by atoms with E-state index in [2.05, 4.69) is 28.1 Å². The summed E-state index contributed by atoms with van der Waals surface area (Å²) in [6.07, 6.45) is 2.32. The Labute approximate surface area is 53.8 Å². The van der Waals surface area contributed by atoms with Crippen molar-refractivity contribution in [2.45, 2.75) is 26.7 Å². The Morgan fingerprint density at radius 3 is 2.50 bits per heavy atom. The van der Waals surface area contributed by atoms with Crippen molar-refractivity contribution in [1.82, 2.24) is 0 Å². The fourth-order valence-electron chi connectivity index (χ4n) is 0.538. The van der Waals surface area contributed by atoms with Crippen molar-refractivity contribution in [3.05, 3.63) is 0 Å².